The zero-order chi connectivity index (χ0) is 19.3. The van der Waals surface area contributed by atoms with Gasteiger partial charge in [-0.1, -0.05) is 31.2 Å². The number of sulfonamides is 1. The molecule has 1 aliphatic rings. The Hall–Kier alpha value is -1.96. The third kappa shape index (κ3) is 5.06. The summed E-state index contributed by atoms with van der Waals surface area (Å²) in [6.07, 6.45) is 0.580. The number of fused-ring (bicyclic) bond motifs is 1. The fourth-order valence-electron chi connectivity index (χ4n) is 3.03. The Morgan fingerprint density at radius 2 is 2.00 bits per heavy atom. The summed E-state index contributed by atoms with van der Waals surface area (Å²) in [6, 6.07) is 12.1. The van der Waals surface area contributed by atoms with Crippen LogP contribution >= 0.6 is 0 Å². The van der Waals surface area contributed by atoms with E-state index in [1.807, 2.05) is 25.1 Å². The largest absolute Gasteiger partial charge is 0.492 e. The van der Waals surface area contributed by atoms with E-state index in [1.54, 1.807) is 18.2 Å². The number of rotatable bonds is 7. The van der Waals surface area contributed by atoms with Crippen LogP contribution in [0.1, 0.15) is 30.0 Å². The lowest BCUT2D eigenvalue weighted by Gasteiger charge is -2.19. The van der Waals surface area contributed by atoms with E-state index >= 15 is 0 Å². The van der Waals surface area contributed by atoms with Crippen LogP contribution in [0.2, 0.25) is 0 Å². The first-order chi connectivity index (χ1) is 13.0. The quantitative estimate of drug-likeness (QED) is 0.723. The Morgan fingerprint density at radius 3 is 2.78 bits per heavy atom. The van der Waals surface area contributed by atoms with Crippen molar-refractivity contribution in [1.82, 2.24) is 4.31 Å². The Morgan fingerprint density at radius 1 is 1.19 bits per heavy atom. The lowest BCUT2D eigenvalue weighted by Crippen LogP contribution is -2.34. The normalized spacial score (nSPS) is 15.0. The van der Waals surface area contributed by atoms with Crippen molar-refractivity contribution in [2.24, 2.45) is 0 Å². The first-order valence-corrected chi connectivity index (χ1v) is 10.6. The van der Waals surface area contributed by atoms with Crippen LogP contribution in [0.3, 0.4) is 0 Å². The molecule has 0 saturated carbocycles. The standard InChI is InChI=1S/C20H24FNO4S/c1-2-11-27(23,24)22-9-10-26-20-8-7-16(12-18(20)13-22)14-25-15-17-5-3-4-6-19(17)21/h3-8,12H,2,9-11,13-15H2,1H3. The zero-order valence-electron chi connectivity index (χ0n) is 15.4. The number of hydrogen-bond donors (Lipinski definition) is 0. The number of hydrogen-bond acceptors (Lipinski definition) is 4. The summed E-state index contributed by atoms with van der Waals surface area (Å²) in [7, 11) is -3.29. The van der Waals surface area contributed by atoms with Crippen LogP contribution in [0.25, 0.3) is 0 Å². The average Bonchev–Trinajstić information content (AvgIpc) is 2.86. The minimum atomic E-state index is -3.29. The molecule has 0 amide bonds. The highest BCUT2D eigenvalue weighted by molar-refractivity contribution is 7.89. The van der Waals surface area contributed by atoms with E-state index in [1.165, 1.54) is 10.4 Å². The molecule has 146 valence electrons. The van der Waals surface area contributed by atoms with Crippen molar-refractivity contribution >= 4 is 10.0 Å². The monoisotopic (exact) mass is 393 g/mol. The van der Waals surface area contributed by atoms with E-state index in [0.717, 1.165) is 11.1 Å². The van der Waals surface area contributed by atoms with Crippen LogP contribution in [0.4, 0.5) is 4.39 Å². The molecule has 0 aromatic heterocycles. The van der Waals surface area contributed by atoms with Gasteiger partial charge in [-0.2, -0.15) is 4.31 Å². The lowest BCUT2D eigenvalue weighted by atomic mass is 10.1. The molecular weight excluding hydrogens is 369 g/mol. The van der Waals surface area contributed by atoms with Gasteiger partial charge in [0.15, 0.2) is 0 Å². The summed E-state index contributed by atoms with van der Waals surface area (Å²) in [5.74, 6) is 0.542. The highest BCUT2D eigenvalue weighted by Gasteiger charge is 2.25. The molecular formula is C20H24FNO4S. The van der Waals surface area contributed by atoms with E-state index < -0.39 is 10.0 Å². The molecule has 27 heavy (non-hydrogen) atoms. The van der Waals surface area contributed by atoms with Gasteiger partial charge in [0, 0.05) is 24.2 Å². The molecule has 0 saturated heterocycles. The summed E-state index contributed by atoms with van der Waals surface area (Å²) < 4.78 is 51.3. The van der Waals surface area contributed by atoms with Crippen molar-refractivity contribution in [1.29, 1.82) is 0 Å². The van der Waals surface area contributed by atoms with Gasteiger partial charge < -0.3 is 9.47 Å². The molecule has 1 aliphatic heterocycles. The van der Waals surface area contributed by atoms with Gasteiger partial charge >= 0.3 is 0 Å². The highest BCUT2D eigenvalue weighted by atomic mass is 32.2. The Balaban J connectivity index is 1.68. The van der Waals surface area contributed by atoms with Gasteiger partial charge in [-0.25, -0.2) is 12.8 Å². The van der Waals surface area contributed by atoms with Crippen LogP contribution in [-0.2, 0) is 34.5 Å². The van der Waals surface area contributed by atoms with E-state index in [9.17, 15) is 12.8 Å². The van der Waals surface area contributed by atoms with Gasteiger partial charge in [0.25, 0.3) is 0 Å². The molecule has 0 bridgehead atoms. The third-order valence-electron chi connectivity index (χ3n) is 4.41. The predicted molar refractivity (Wildman–Crippen MR) is 101 cm³/mol. The van der Waals surface area contributed by atoms with Crippen molar-refractivity contribution in [2.75, 3.05) is 18.9 Å². The summed E-state index contributed by atoms with van der Waals surface area (Å²) in [5.41, 5.74) is 2.22. The average molecular weight is 393 g/mol. The topological polar surface area (TPSA) is 55.8 Å². The van der Waals surface area contributed by atoms with Gasteiger partial charge in [-0.05, 0) is 30.2 Å². The second-order valence-electron chi connectivity index (χ2n) is 6.52. The van der Waals surface area contributed by atoms with E-state index in [-0.39, 0.29) is 18.2 Å². The van der Waals surface area contributed by atoms with Crippen molar-refractivity contribution in [3.63, 3.8) is 0 Å². The molecule has 0 spiro atoms. The van der Waals surface area contributed by atoms with Crippen LogP contribution in [0.15, 0.2) is 42.5 Å². The van der Waals surface area contributed by atoms with Crippen molar-refractivity contribution in [3.8, 4) is 5.75 Å². The van der Waals surface area contributed by atoms with Crippen LogP contribution < -0.4 is 4.74 Å². The predicted octanol–water partition coefficient (Wildman–Crippen LogP) is 3.48. The second kappa shape index (κ2) is 8.82. The van der Waals surface area contributed by atoms with Crippen molar-refractivity contribution in [2.45, 2.75) is 33.1 Å². The van der Waals surface area contributed by atoms with Crippen LogP contribution in [-0.4, -0.2) is 31.6 Å². The summed E-state index contributed by atoms with van der Waals surface area (Å²) in [6.45, 7) is 3.31. The lowest BCUT2D eigenvalue weighted by molar-refractivity contribution is 0.105. The maximum absolute atomic E-state index is 13.6. The van der Waals surface area contributed by atoms with Gasteiger partial charge in [-0.3, -0.25) is 0 Å². The molecule has 0 unspecified atom stereocenters. The fraction of sp³-hybridized carbons (Fsp3) is 0.400. The third-order valence-corrected chi connectivity index (χ3v) is 6.43. The van der Waals surface area contributed by atoms with E-state index in [0.29, 0.717) is 44.0 Å². The second-order valence-corrected chi connectivity index (χ2v) is 8.61. The van der Waals surface area contributed by atoms with Crippen LogP contribution in [0, 0.1) is 5.82 Å². The van der Waals surface area contributed by atoms with Crippen molar-refractivity contribution < 1.29 is 22.3 Å². The van der Waals surface area contributed by atoms with Gasteiger partial charge in [0.05, 0.1) is 19.0 Å². The molecule has 1 heterocycles. The molecule has 7 heteroatoms. The van der Waals surface area contributed by atoms with Gasteiger partial charge in [0.2, 0.25) is 10.0 Å². The summed E-state index contributed by atoms with van der Waals surface area (Å²) >= 11 is 0. The zero-order valence-corrected chi connectivity index (χ0v) is 16.2. The molecule has 2 aromatic rings. The fourth-order valence-corrected chi connectivity index (χ4v) is 4.49. The first-order valence-electron chi connectivity index (χ1n) is 9.03. The summed E-state index contributed by atoms with van der Waals surface area (Å²) in [4.78, 5) is 0. The number of halogens is 1. The maximum atomic E-state index is 13.6. The van der Waals surface area contributed by atoms with E-state index in [2.05, 4.69) is 0 Å². The number of benzene rings is 2. The molecule has 5 nitrogen and oxygen atoms in total. The summed E-state index contributed by atoms with van der Waals surface area (Å²) in [5, 5.41) is 0. The SMILES string of the molecule is CCCS(=O)(=O)N1CCOc2ccc(COCc3ccccc3F)cc2C1. The minimum Gasteiger partial charge on any atom is -0.492 e. The van der Waals surface area contributed by atoms with Crippen molar-refractivity contribution in [3.05, 3.63) is 65.0 Å². The molecule has 0 fully saturated rings. The molecule has 0 N–H and O–H groups in total. The molecule has 0 radical (unpaired) electrons. The van der Waals surface area contributed by atoms with Crippen LogP contribution in [0.5, 0.6) is 5.75 Å². The highest BCUT2D eigenvalue weighted by Crippen LogP contribution is 2.26. The smallest absolute Gasteiger partial charge is 0.214 e. The molecule has 0 atom stereocenters. The van der Waals surface area contributed by atoms with Gasteiger partial charge in [-0.15, -0.1) is 0 Å². The number of nitrogens with zero attached hydrogens (tertiary/aromatic N) is 1. The first kappa shape index (κ1) is 19.8. The maximum Gasteiger partial charge on any atom is 0.214 e. The Labute approximate surface area is 159 Å². The number of ether oxygens (including phenoxy) is 2. The minimum absolute atomic E-state index is 0.133. The molecule has 3 rings (SSSR count). The molecule has 0 aliphatic carbocycles. The Kier molecular flexibility index (Phi) is 6.46. The molecule has 2 aromatic carbocycles. The van der Waals surface area contributed by atoms with E-state index in [4.69, 9.17) is 9.47 Å². The van der Waals surface area contributed by atoms with Gasteiger partial charge in [0.1, 0.15) is 18.2 Å². The Bertz CT molecular complexity index is 885.